The van der Waals surface area contributed by atoms with Gasteiger partial charge in [0.2, 0.25) is 0 Å². The van der Waals surface area contributed by atoms with Crippen molar-refractivity contribution in [3.05, 3.63) is 62.1 Å². The van der Waals surface area contributed by atoms with Crippen molar-refractivity contribution in [3.63, 3.8) is 0 Å². The van der Waals surface area contributed by atoms with E-state index >= 15 is 0 Å². The van der Waals surface area contributed by atoms with Crippen molar-refractivity contribution in [2.45, 2.75) is 26.9 Å². The Hall–Kier alpha value is -2.85. The summed E-state index contributed by atoms with van der Waals surface area (Å²) in [7, 11) is 0. The standard InChI is InChI=1S/C20H19BrN2O4/c1-4-26-19-10-14(9-18(21)20(19)27-13(2)3)8-16(12-22)15-6-5-7-17(11-15)23(24)25/h5-11,13H,4H2,1-3H3/b16-8-. The van der Waals surface area contributed by atoms with Crippen LogP contribution in [-0.2, 0) is 0 Å². The lowest BCUT2D eigenvalue weighted by Gasteiger charge is -2.17. The number of halogens is 1. The number of hydrogen-bond acceptors (Lipinski definition) is 5. The van der Waals surface area contributed by atoms with Crippen LogP contribution in [0.3, 0.4) is 0 Å². The van der Waals surface area contributed by atoms with E-state index in [9.17, 15) is 15.4 Å². The zero-order chi connectivity index (χ0) is 20.0. The average Bonchev–Trinajstić information content (AvgIpc) is 2.62. The van der Waals surface area contributed by atoms with Crippen LogP contribution in [0.2, 0.25) is 0 Å². The maximum absolute atomic E-state index is 11.0. The number of nitrogens with zero attached hydrogens (tertiary/aromatic N) is 2. The van der Waals surface area contributed by atoms with Crippen LogP contribution in [0.15, 0.2) is 40.9 Å². The fraction of sp³-hybridized carbons (Fsp3) is 0.250. The minimum atomic E-state index is -0.486. The van der Waals surface area contributed by atoms with Gasteiger partial charge in [-0.3, -0.25) is 10.1 Å². The SMILES string of the molecule is CCOc1cc(/C=C(/C#N)c2cccc([N+](=O)[O-])c2)cc(Br)c1OC(C)C. The Balaban J connectivity index is 2.51. The van der Waals surface area contributed by atoms with Gasteiger partial charge in [0.05, 0.1) is 33.7 Å². The molecule has 7 heteroatoms. The number of rotatable bonds is 7. The summed E-state index contributed by atoms with van der Waals surface area (Å²) in [6.45, 7) is 6.18. The van der Waals surface area contributed by atoms with Gasteiger partial charge in [-0.2, -0.15) is 5.26 Å². The van der Waals surface area contributed by atoms with Crippen LogP contribution in [0.1, 0.15) is 31.9 Å². The predicted octanol–water partition coefficient (Wildman–Crippen LogP) is 5.61. The minimum Gasteiger partial charge on any atom is -0.490 e. The number of benzene rings is 2. The predicted molar refractivity (Wildman–Crippen MR) is 108 cm³/mol. The summed E-state index contributed by atoms with van der Waals surface area (Å²) in [5.41, 5.74) is 1.43. The van der Waals surface area contributed by atoms with Crippen LogP contribution >= 0.6 is 15.9 Å². The fourth-order valence-electron chi connectivity index (χ4n) is 2.42. The normalized spacial score (nSPS) is 11.2. The molecule has 0 spiro atoms. The molecule has 2 rings (SSSR count). The molecule has 0 amide bonds. The van der Waals surface area contributed by atoms with Gasteiger partial charge >= 0.3 is 0 Å². The van der Waals surface area contributed by atoms with Crippen LogP contribution in [0.4, 0.5) is 5.69 Å². The molecule has 0 N–H and O–H groups in total. The molecule has 0 bridgehead atoms. The Labute approximate surface area is 166 Å². The summed E-state index contributed by atoms with van der Waals surface area (Å²) in [4.78, 5) is 10.5. The molecule has 0 saturated heterocycles. The second kappa shape index (κ2) is 9.19. The summed E-state index contributed by atoms with van der Waals surface area (Å²) in [6, 6.07) is 11.7. The zero-order valence-corrected chi connectivity index (χ0v) is 16.8. The van der Waals surface area contributed by atoms with Crippen molar-refractivity contribution >= 4 is 33.3 Å². The Morgan fingerprint density at radius 1 is 1.37 bits per heavy atom. The number of allylic oxidation sites excluding steroid dienone is 1. The first-order valence-corrected chi connectivity index (χ1v) is 9.14. The van der Waals surface area contributed by atoms with E-state index in [1.807, 2.05) is 26.8 Å². The van der Waals surface area contributed by atoms with Crippen molar-refractivity contribution in [2.75, 3.05) is 6.61 Å². The van der Waals surface area contributed by atoms with Crippen LogP contribution in [-0.4, -0.2) is 17.6 Å². The number of nitro benzene ring substituents is 1. The molecule has 27 heavy (non-hydrogen) atoms. The van der Waals surface area contributed by atoms with E-state index in [0.29, 0.717) is 39.3 Å². The summed E-state index contributed by atoms with van der Waals surface area (Å²) < 4.78 is 12.2. The average molecular weight is 431 g/mol. The molecule has 2 aromatic carbocycles. The van der Waals surface area contributed by atoms with E-state index in [1.165, 1.54) is 12.1 Å². The zero-order valence-electron chi connectivity index (χ0n) is 15.2. The highest BCUT2D eigenvalue weighted by molar-refractivity contribution is 9.10. The molecule has 0 saturated carbocycles. The minimum absolute atomic E-state index is 0.0264. The third-order valence-corrected chi connectivity index (χ3v) is 4.07. The van der Waals surface area contributed by atoms with E-state index in [0.717, 1.165) is 0 Å². The molecule has 0 heterocycles. The molecule has 0 aliphatic carbocycles. The number of ether oxygens (including phenoxy) is 2. The monoisotopic (exact) mass is 430 g/mol. The number of hydrogen-bond donors (Lipinski definition) is 0. The lowest BCUT2D eigenvalue weighted by atomic mass is 10.0. The third-order valence-electron chi connectivity index (χ3n) is 3.48. The smallest absolute Gasteiger partial charge is 0.270 e. The molecule has 0 aromatic heterocycles. The molecule has 0 aliphatic rings. The van der Waals surface area contributed by atoms with Crippen LogP contribution in [0.5, 0.6) is 11.5 Å². The first kappa shape index (κ1) is 20.5. The second-order valence-corrected chi connectivity index (χ2v) is 6.76. The highest BCUT2D eigenvalue weighted by Gasteiger charge is 2.14. The maximum Gasteiger partial charge on any atom is 0.270 e. The summed E-state index contributed by atoms with van der Waals surface area (Å²) in [5.74, 6) is 1.15. The van der Waals surface area contributed by atoms with Crippen molar-refractivity contribution < 1.29 is 14.4 Å². The Morgan fingerprint density at radius 2 is 2.11 bits per heavy atom. The fourth-order valence-corrected chi connectivity index (χ4v) is 2.97. The van der Waals surface area contributed by atoms with Gasteiger partial charge in [0.1, 0.15) is 0 Å². The first-order chi connectivity index (χ1) is 12.8. The van der Waals surface area contributed by atoms with Gasteiger partial charge in [-0.25, -0.2) is 0 Å². The molecule has 0 fully saturated rings. The molecular formula is C20H19BrN2O4. The first-order valence-electron chi connectivity index (χ1n) is 8.35. The molecule has 0 atom stereocenters. The van der Waals surface area contributed by atoms with Crippen LogP contribution < -0.4 is 9.47 Å². The van der Waals surface area contributed by atoms with Crippen molar-refractivity contribution in [1.82, 2.24) is 0 Å². The Kier molecular flexibility index (Phi) is 6.97. The summed E-state index contributed by atoms with van der Waals surface area (Å²) in [6.07, 6.45) is 1.63. The van der Waals surface area contributed by atoms with Gasteiger partial charge in [-0.05, 0) is 66.0 Å². The van der Waals surface area contributed by atoms with Gasteiger partial charge in [0.15, 0.2) is 11.5 Å². The molecular weight excluding hydrogens is 412 g/mol. The molecule has 2 aromatic rings. The summed E-state index contributed by atoms with van der Waals surface area (Å²) in [5, 5.41) is 20.5. The van der Waals surface area contributed by atoms with E-state index in [4.69, 9.17) is 9.47 Å². The van der Waals surface area contributed by atoms with Gasteiger partial charge in [0, 0.05) is 12.1 Å². The molecule has 140 valence electrons. The van der Waals surface area contributed by atoms with Crippen molar-refractivity contribution in [2.24, 2.45) is 0 Å². The highest BCUT2D eigenvalue weighted by atomic mass is 79.9. The van der Waals surface area contributed by atoms with E-state index in [1.54, 1.807) is 24.3 Å². The van der Waals surface area contributed by atoms with Gasteiger partial charge in [-0.1, -0.05) is 12.1 Å². The second-order valence-electron chi connectivity index (χ2n) is 5.91. The Morgan fingerprint density at radius 3 is 2.70 bits per heavy atom. The summed E-state index contributed by atoms with van der Waals surface area (Å²) >= 11 is 3.49. The van der Waals surface area contributed by atoms with Gasteiger partial charge in [-0.15, -0.1) is 0 Å². The molecule has 6 nitrogen and oxygen atoms in total. The Bertz CT molecular complexity index is 917. The maximum atomic E-state index is 11.0. The van der Waals surface area contributed by atoms with E-state index < -0.39 is 4.92 Å². The van der Waals surface area contributed by atoms with Crippen molar-refractivity contribution in [3.8, 4) is 17.6 Å². The number of nitro groups is 1. The van der Waals surface area contributed by atoms with E-state index in [2.05, 4.69) is 22.0 Å². The third kappa shape index (κ3) is 5.31. The molecule has 0 radical (unpaired) electrons. The highest BCUT2D eigenvalue weighted by Crippen LogP contribution is 2.38. The van der Waals surface area contributed by atoms with Crippen molar-refractivity contribution in [1.29, 1.82) is 5.26 Å². The molecule has 0 unspecified atom stereocenters. The number of nitriles is 1. The van der Waals surface area contributed by atoms with Gasteiger partial charge < -0.3 is 9.47 Å². The topological polar surface area (TPSA) is 85.4 Å². The quantitative estimate of drug-likeness (QED) is 0.246. The van der Waals surface area contributed by atoms with Crippen LogP contribution in [0, 0.1) is 21.4 Å². The van der Waals surface area contributed by atoms with Gasteiger partial charge in [0.25, 0.3) is 5.69 Å². The lowest BCUT2D eigenvalue weighted by molar-refractivity contribution is -0.384. The number of non-ortho nitro benzene ring substituents is 1. The lowest BCUT2D eigenvalue weighted by Crippen LogP contribution is -2.08. The van der Waals surface area contributed by atoms with Crippen LogP contribution in [0.25, 0.3) is 11.6 Å². The molecule has 0 aliphatic heterocycles. The van der Waals surface area contributed by atoms with E-state index in [-0.39, 0.29) is 11.8 Å². The largest absolute Gasteiger partial charge is 0.490 e.